The van der Waals surface area contributed by atoms with Crippen LogP contribution in [0.2, 0.25) is 0 Å². The van der Waals surface area contributed by atoms with Crippen molar-refractivity contribution >= 4 is 27.7 Å². The van der Waals surface area contributed by atoms with E-state index in [1.807, 2.05) is 34.1 Å². The Hall–Kier alpha value is -2.39. The lowest BCUT2D eigenvalue weighted by molar-refractivity contribution is -0.141. The third kappa shape index (κ3) is 5.86. The molecule has 2 aliphatic rings. The van der Waals surface area contributed by atoms with Gasteiger partial charge in [-0.05, 0) is 18.2 Å². The summed E-state index contributed by atoms with van der Waals surface area (Å²) in [4.78, 5) is 33.5. The fourth-order valence-electron chi connectivity index (χ4n) is 4.11. The minimum atomic E-state index is -0.128. The number of aromatic nitrogens is 2. The Morgan fingerprint density at radius 3 is 2.74 bits per heavy atom. The van der Waals surface area contributed by atoms with Crippen molar-refractivity contribution in [2.75, 3.05) is 39.4 Å². The first-order valence-corrected chi connectivity index (χ1v) is 11.4. The Bertz CT molecular complexity index is 885. The van der Waals surface area contributed by atoms with Gasteiger partial charge >= 0.3 is 0 Å². The number of halogens is 1. The van der Waals surface area contributed by atoms with Gasteiger partial charge in [-0.25, -0.2) is 4.98 Å². The fraction of sp³-hybridized carbons (Fsp3) is 0.500. The van der Waals surface area contributed by atoms with E-state index in [1.165, 1.54) is 0 Å². The monoisotopic (exact) mass is 490 g/mol. The van der Waals surface area contributed by atoms with E-state index in [0.29, 0.717) is 52.2 Å². The lowest BCUT2D eigenvalue weighted by Crippen LogP contribution is -2.51. The first kappa shape index (κ1) is 21.8. The second-order valence-corrected chi connectivity index (χ2v) is 8.85. The highest BCUT2D eigenvalue weighted by Crippen LogP contribution is 2.28. The zero-order chi connectivity index (χ0) is 21.6. The maximum atomic E-state index is 12.9. The molecule has 2 saturated heterocycles. The molecule has 2 fully saturated rings. The maximum Gasteiger partial charge on any atom is 0.242 e. The van der Waals surface area contributed by atoms with E-state index < -0.39 is 0 Å². The molecule has 2 amide bonds. The third-order valence-corrected chi connectivity index (χ3v) is 6.27. The molecule has 2 aliphatic heterocycles. The van der Waals surface area contributed by atoms with E-state index in [2.05, 4.69) is 20.9 Å². The summed E-state index contributed by atoms with van der Waals surface area (Å²) in [6.07, 6.45) is 5.99. The molecule has 0 radical (unpaired) electrons. The van der Waals surface area contributed by atoms with E-state index >= 15 is 0 Å². The smallest absolute Gasteiger partial charge is 0.242 e. The molecule has 2 atom stereocenters. The van der Waals surface area contributed by atoms with Crippen molar-refractivity contribution in [2.24, 2.45) is 5.92 Å². The summed E-state index contributed by atoms with van der Waals surface area (Å²) < 4.78 is 14.4. The Morgan fingerprint density at radius 1 is 1.16 bits per heavy atom. The van der Waals surface area contributed by atoms with Crippen LogP contribution in [-0.4, -0.2) is 76.7 Å². The molecule has 3 heterocycles. The minimum absolute atomic E-state index is 0.0303. The van der Waals surface area contributed by atoms with Gasteiger partial charge in [0.15, 0.2) is 0 Å². The topological polar surface area (TPSA) is 76.9 Å². The Balaban J connectivity index is 1.44. The Kier molecular flexibility index (Phi) is 7.24. The molecule has 166 valence electrons. The van der Waals surface area contributed by atoms with Crippen LogP contribution in [0.5, 0.6) is 5.75 Å². The number of morpholine rings is 1. The van der Waals surface area contributed by atoms with Crippen molar-refractivity contribution < 1.29 is 19.1 Å². The summed E-state index contributed by atoms with van der Waals surface area (Å²) in [6.45, 7) is 3.74. The lowest BCUT2D eigenvalue weighted by Gasteiger charge is -2.39. The first-order valence-electron chi connectivity index (χ1n) is 10.6. The molecule has 1 aromatic carbocycles. The molecule has 2 aromatic rings. The average Bonchev–Trinajstić information content (AvgIpc) is 3.28. The van der Waals surface area contributed by atoms with E-state index in [9.17, 15) is 9.59 Å². The van der Waals surface area contributed by atoms with Crippen molar-refractivity contribution in [2.45, 2.75) is 25.5 Å². The largest absolute Gasteiger partial charge is 0.490 e. The standard InChI is InChI=1S/C22H27BrN4O4/c23-18-2-1-3-19(13-18)31-20-4-6-27(22(29)15-25-7-5-24-16-25)14-17(20)12-21(28)26-8-10-30-11-9-26/h1-3,5,7,13,16-17,20H,4,6,8-12,14-15H2/t17-,20-/m0/s1. The molecule has 9 heteroatoms. The Labute approximate surface area is 190 Å². The van der Waals surface area contributed by atoms with Gasteiger partial charge in [0, 0.05) is 61.8 Å². The highest BCUT2D eigenvalue weighted by molar-refractivity contribution is 9.10. The number of carbonyl (C=O) groups excluding carboxylic acids is 2. The minimum Gasteiger partial charge on any atom is -0.490 e. The highest BCUT2D eigenvalue weighted by atomic mass is 79.9. The van der Waals surface area contributed by atoms with Crippen molar-refractivity contribution in [3.05, 3.63) is 47.5 Å². The van der Waals surface area contributed by atoms with Gasteiger partial charge in [-0.3, -0.25) is 9.59 Å². The predicted octanol–water partition coefficient (Wildman–Crippen LogP) is 2.19. The van der Waals surface area contributed by atoms with Crippen LogP contribution >= 0.6 is 15.9 Å². The van der Waals surface area contributed by atoms with Crippen molar-refractivity contribution in [3.8, 4) is 5.75 Å². The van der Waals surface area contributed by atoms with E-state index in [1.54, 1.807) is 23.3 Å². The van der Waals surface area contributed by atoms with Crippen LogP contribution in [0.4, 0.5) is 0 Å². The van der Waals surface area contributed by atoms with Crippen molar-refractivity contribution in [3.63, 3.8) is 0 Å². The summed E-state index contributed by atoms with van der Waals surface area (Å²) in [5.41, 5.74) is 0. The molecule has 8 nitrogen and oxygen atoms in total. The first-order chi connectivity index (χ1) is 15.1. The molecule has 0 spiro atoms. The molecule has 0 N–H and O–H groups in total. The second-order valence-electron chi connectivity index (χ2n) is 7.93. The summed E-state index contributed by atoms with van der Waals surface area (Å²) >= 11 is 3.48. The van der Waals surface area contributed by atoms with Gasteiger partial charge in [0.2, 0.25) is 11.8 Å². The van der Waals surface area contributed by atoms with Crippen LogP contribution in [0.25, 0.3) is 0 Å². The van der Waals surface area contributed by atoms with E-state index in [0.717, 1.165) is 10.2 Å². The molecule has 0 aliphatic carbocycles. The van der Waals surface area contributed by atoms with Crippen LogP contribution in [-0.2, 0) is 20.9 Å². The van der Waals surface area contributed by atoms with Gasteiger partial charge in [0.05, 0.1) is 19.5 Å². The molecular formula is C22H27BrN4O4. The van der Waals surface area contributed by atoms with Crippen LogP contribution in [0.1, 0.15) is 12.8 Å². The lowest BCUT2D eigenvalue weighted by atomic mass is 9.90. The number of piperidine rings is 1. The predicted molar refractivity (Wildman–Crippen MR) is 117 cm³/mol. The van der Waals surface area contributed by atoms with Crippen LogP contribution in [0, 0.1) is 5.92 Å². The van der Waals surface area contributed by atoms with Gasteiger partial charge in [0.1, 0.15) is 18.4 Å². The fourth-order valence-corrected chi connectivity index (χ4v) is 4.48. The van der Waals surface area contributed by atoms with Crippen LogP contribution in [0.15, 0.2) is 47.5 Å². The summed E-state index contributed by atoms with van der Waals surface area (Å²) in [7, 11) is 0. The zero-order valence-electron chi connectivity index (χ0n) is 17.4. The quantitative estimate of drug-likeness (QED) is 0.620. The molecule has 0 unspecified atom stereocenters. The number of likely N-dealkylation sites (tertiary alicyclic amines) is 1. The number of rotatable bonds is 6. The number of hydrogen-bond donors (Lipinski definition) is 0. The second kappa shape index (κ2) is 10.3. The average molecular weight is 491 g/mol. The number of imidazole rings is 1. The molecule has 0 bridgehead atoms. The van der Waals surface area contributed by atoms with Crippen LogP contribution in [0.3, 0.4) is 0 Å². The van der Waals surface area contributed by atoms with Gasteiger partial charge < -0.3 is 23.8 Å². The molecule has 0 saturated carbocycles. The van der Waals surface area contributed by atoms with E-state index in [4.69, 9.17) is 9.47 Å². The van der Waals surface area contributed by atoms with Gasteiger partial charge in [-0.1, -0.05) is 22.0 Å². The molecular weight excluding hydrogens is 464 g/mol. The zero-order valence-corrected chi connectivity index (χ0v) is 18.9. The van der Waals surface area contributed by atoms with Gasteiger partial charge in [0.25, 0.3) is 0 Å². The highest BCUT2D eigenvalue weighted by Gasteiger charge is 2.35. The number of amides is 2. The maximum absolute atomic E-state index is 12.9. The summed E-state index contributed by atoms with van der Waals surface area (Å²) in [5, 5.41) is 0. The molecule has 4 rings (SSSR count). The number of carbonyl (C=O) groups is 2. The van der Waals surface area contributed by atoms with Crippen molar-refractivity contribution in [1.29, 1.82) is 0 Å². The number of benzene rings is 1. The third-order valence-electron chi connectivity index (χ3n) is 5.78. The number of hydrogen-bond acceptors (Lipinski definition) is 5. The van der Waals surface area contributed by atoms with Gasteiger partial charge in [-0.2, -0.15) is 0 Å². The Morgan fingerprint density at radius 2 is 2.00 bits per heavy atom. The number of ether oxygens (including phenoxy) is 2. The summed E-state index contributed by atoms with van der Waals surface area (Å²) in [5.74, 6) is 0.819. The SMILES string of the molecule is O=C(C[C@H]1CN(C(=O)Cn2ccnc2)CC[C@@H]1Oc1cccc(Br)c1)N1CCOCC1. The summed E-state index contributed by atoms with van der Waals surface area (Å²) in [6, 6.07) is 7.72. The molecule has 1 aromatic heterocycles. The molecule has 31 heavy (non-hydrogen) atoms. The van der Waals surface area contributed by atoms with E-state index in [-0.39, 0.29) is 30.4 Å². The van der Waals surface area contributed by atoms with Crippen LogP contribution < -0.4 is 4.74 Å². The number of nitrogens with zero attached hydrogens (tertiary/aromatic N) is 4. The van der Waals surface area contributed by atoms with Gasteiger partial charge in [-0.15, -0.1) is 0 Å². The normalized spacial score (nSPS) is 21.7. The van der Waals surface area contributed by atoms with Crippen molar-refractivity contribution in [1.82, 2.24) is 19.4 Å².